The molecule has 43 heavy (non-hydrogen) atoms. The van der Waals surface area contributed by atoms with Crippen LogP contribution in [0, 0.1) is 33.1 Å². The molecule has 0 radical (unpaired) electrons. The first-order valence-corrected chi connectivity index (χ1v) is 15.2. The number of rotatable bonds is 5. The Balaban J connectivity index is 1.65. The van der Waals surface area contributed by atoms with E-state index < -0.39 is 27.4 Å². The van der Waals surface area contributed by atoms with Gasteiger partial charge in [-0.15, -0.1) is 0 Å². The van der Waals surface area contributed by atoms with Crippen molar-refractivity contribution in [3.8, 4) is 28.9 Å². The molecule has 2 aliphatic rings. The molecule has 228 valence electrons. The van der Waals surface area contributed by atoms with Crippen LogP contribution in [0.3, 0.4) is 0 Å². The lowest BCUT2D eigenvalue weighted by molar-refractivity contribution is -0.0845. The molecule has 1 amide bonds. The van der Waals surface area contributed by atoms with Gasteiger partial charge in [0.25, 0.3) is 5.91 Å². The highest BCUT2D eigenvalue weighted by Gasteiger charge is 2.90. The summed E-state index contributed by atoms with van der Waals surface area (Å²) in [6.07, 6.45) is 2.57. The molecule has 1 aliphatic carbocycles. The number of nitriles is 1. The van der Waals surface area contributed by atoms with Gasteiger partial charge in [0.2, 0.25) is 0 Å². The SMILES string of the molecule is CN(C(=O)c1cc(-c2ccccc2Oc2ccccc2)n[nH]1)[C@@]12C(C)(C)N(C#N)C(C)(C)[C@]1(C)C(C)(C)C(C)(C)C2(C)C. The number of H-pyrrole nitrogens is 1. The average Bonchev–Trinajstić information content (AvgIpc) is 3.48. The Morgan fingerprint density at radius 3 is 2.02 bits per heavy atom. The summed E-state index contributed by atoms with van der Waals surface area (Å²) >= 11 is 0. The second-order valence-corrected chi connectivity index (χ2v) is 15.2. The van der Waals surface area contributed by atoms with Crippen LogP contribution in [0.5, 0.6) is 11.5 Å². The van der Waals surface area contributed by atoms with E-state index in [0.717, 1.165) is 11.3 Å². The normalized spacial score (nSPS) is 27.3. The maximum atomic E-state index is 14.8. The molecule has 1 aliphatic heterocycles. The molecule has 1 aromatic heterocycles. The number of aromatic amines is 1. The fourth-order valence-electron chi connectivity index (χ4n) is 10.3. The standard InChI is InChI=1S/C36H47N5O2/c1-30(2)31(3,4)35(11)33(7,8)41(23-37)34(9,10)36(35,32(30,5)6)40(12)29(42)27-22-26(38-39-27)25-20-16-17-21-28(25)43-24-18-14-13-15-19-24/h13-22H,1-12H3,(H,38,39)/t35-,36-/m0/s1. The van der Waals surface area contributed by atoms with Gasteiger partial charge < -0.3 is 9.64 Å². The third kappa shape index (κ3) is 3.30. The molecule has 1 saturated carbocycles. The van der Waals surface area contributed by atoms with Gasteiger partial charge in [-0.1, -0.05) is 78.8 Å². The quantitative estimate of drug-likeness (QED) is 0.308. The summed E-state index contributed by atoms with van der Waals surface area (Å²) in [6, 6.07) is 19.1. The highest BCUT2D eigenvalue weighted by molar-refractivity contribution is 5.94. The van der Waals surface area contributed by atoms with Crippen molar-refractivity contribution in [2.45, 2.75) is 92.8 Å². The van der Waals surface area contributed by atoms with Gasteiger partial charge in [0, 0.05) is 18.0 Å². The molecule has 0 spiro atoms. The van der Waals surface area contributed by atoms with E-state index in [4.69, 9.17) is 4.74 Å². The number of carbonyl (C=O) groups excluding carboxylic acids is 1. The number of hydrogen-bond acceptors (Lipinski definition) is 5. The molecule has 2 fully saturated rings. The minimum atomic E-state index is -0.754. The van der Waals surface area contributed by atoms with Crippen LogP contribution in [0.1, 0.15) is 86.6 Å². The van der Waals surface area contributed by atoms with Gasteiger partial charge in [0.05, 0.1) is 22.3 Å². The van der Waals surface area contributed by atoms with E-state index in [1.165, 1.54) is 0 Å². The largest absolute Gasteiger partial charge is 0.457 e. The van der Waals surface area contributed by atoms with Gasteiger partial charge in [0.1, 0.15) is 17.2 Å². The number of carbonyl (C=O) groups is 1. The maximum absolute atomic E-state index is 14.8. The number of hydrogen-bond donors (Lipinski definition) is 1. The number of fused-ring (bicyclic) bond motifs is 1. The molecule has 0 bridgehead atoms. The minimum Gasteiger partial charge on any atom is -0.457 e. The number of likely N-dealkylation sites (N-methyl/N-ethyl adjacent to an activating group) is 1. The van der Waals surface area contributed by atoms with Gasteiger partial charge in [-0.05, 0) is 74.3 Å². The van der Waals surface area contributed by atoms with Crippen molar-refractivity contribution in [2.24, 2.45) is 21.7 Å². The fraction of sp³-hybridized carbons (Fsp3) is 0.528. The number of benzene rings is 2. The number of nitrogens with one attached hydrogen (secondary N) is 1. The molecule has 7 heteroatoms. The van der Waals surface area contributed by atoms with E-state index in [0.29, 0.717) is 17.1 Å². The highest BCUT2D eigenvalue weighted by atomic mass is 16.5. The number of aromatic nitrogens is 2. The van der Waals surface area contributed by atoms with Crippen molar-refractivity contribution in [1.82, 2.24) is 20.0 Å². The number of likely N-dealkylation sites (tertiary alicyclic amines) is 1. The van der Waals surface area contributed by atoms with Gasteiger partial charge >= 0.3 is 0 Å². The summed E-state index contributed by atoms with van der Waals surface area (Å²) in [5.74, 6) is 1.22. The maximum Gasteiger partial charge on any atom is 0.272 e. The Kier molecular flexibility index (Phi) is 6.50. The van der Waals surface area contributed by atoms with Crippen molar-refractivity contribution in [3.63, 3.8) is 0 Å². The zero-order chi connectivity index (χ0) is 32.0. The Labute approximate surface area is 257 Å². The van der Waals surface area contributed by atoms with Crippen molar-refractivity contribution < 1.29 is 9.53 Å². The Bertz CT molecular complexity index is 1610. The van der Waals surface area contributed by atoms with Crippen LogP contribution < -0.4 is 4.74 Å². The monoisotopic (exact) mass is 581 g/mol. The van der Waals surface area contributed by atoms with Gasteiger partial charge in [-0.3, -0.25) is 14.8 Å². The summed E-state index contributed by atoms with van der Waals surface area (Å²) in [7, 11) is 1.92. The van der Waals surface area contributed by atoms with Gasteiger partial charge in [0.15, 0.2) is 6.19 Å². The summed E-state index contributed by atoms with van der Waals surface area (Å²) in [5, 5.41) is 18.3. The first-order chi connectivity index (χ1) is 19.8. The summed E-state index contributed by atoms with van der Waals surface area (Å²) < 4.78 is 6.19. The lowest BCUT2D eigenvalue weighted by Gasteiger charge is -2.60. The Hall–Kier alpha value is -3.79. The third-order valence-corrected chi connectivity index (χ3v) is 13.1. The fourth-order valence-corrected chi connectivity index (χ4v) is 10.3. The van der Waals surface area contributed by atoms with Crippen LogP contribution in [0.25, 0.3) is 11.3 Å². The first-order valence-electron chi connectivity index (χ1n) is 15.2. The lowest BCUT2D eigenvalue weighted by Crippen LogP contribution is -2.73. The molecule has 1 N–H and O–H groups in total. The van der Waals surface area contributed by atoms with Crippen LogP contribution in [-0.4, -0.2) is 49.6 Å². The molecule has 1 saturated heterocycles. The molecule has 7 nitrogen and oxygen atoms in total. The molecule has 2 heterocycles. The molecule has 0 unspecified atom stereocenters. The van der Waals surface area contributed by atoms with E-state index in [9.17, 15) is 10.1 Å². The molecular formula is C36H47N5O2. The van der Waals surface area contributed by atoms with E-state index in [1.807, 2.05) is 77.5 Å². The van der Waals surface area contributed by atoms with Crippen LogP contribution in [0.15, 0.2) is 60.7 Å². The summed E-state index contributed by atoms with van der Waals surface area (Å²) in [6.45, 7) is 24.8. The molecule has 3 aromatic rings. The number of nitrogens with zero attached hydrogens (tertiary/aromatic N) is 4. The minimum absolute atomic E-state index is 0.156. The van der Waals surface area contributed by atoms with E-state index in [-0.39, 0.29) is 16.7 Å². The Morgan fingerprint density at radius 1 is 0.837 bits per heavy atom. The average molecular weight is 582 g/mol. The molecule has 2 aromatic carbocycles. The van der Waals surface area contributed by atoms with Crippen LogP contribution >= 0.6 is 0 Å². The van der Waals surface area contributed by atoms with E-state index in [2.05, 4.69) is 92.6 Å². The topological polar surface area (TPSA) is 85.2 Å². The van der Waals surface area contributed by atoms with Crippen LogP contribution in [-0.2, 0) is 0 Å². The zero-order valence-corrected chi connectivity index (χ0v) is 27.9. The second-order valence-electron chi connectivity index (χ2n) is 15.2. The van der Waals surface area contributed by atoms with Crippen LogP contribution in [0.4, 0.5) is 0 Å². The number of ether oxygens (including phenoxy) is 1. The summed E-state index contributed by atoms with van der Waals surface area (Å²) in [4.78, 5) is 18.7. The van der Waals surface area contributed by atoms with Crippen molar-refractivity contribution in [3.05, 3.63) is 66.4 Å². The third-order valence-electron chi connectivity index (χ3n) is 13.1. The number of para-hydroxylation sites is 2. The Morgan fingerprint density at radius 2 is 1.42 bits per heavy atom. The highest BCUT2D eigenvalue weighted by Crippen LogP contribution is 2.84. The zero-order valence-electron chi connectivity index (χ0n) is 27.9. The van der Waals surface area contributed by atoms with Crippen molar-refractivity contribution >= 4 is 5.91 Å². The second kappa shape index (κ2) is 9.11. The van der Waals surface area contributed by atoms with Gasteiger partial charge in [-0.2, -0.15) is 10.4 Å². The molecule has 2 atom stereocenters. The molecule has 5 rings (SSSR count). The molecular weight excluding hydrogens is 534 g/mol. The van der Waals surface area contributed by atoms with E-state index in [1.54, 1.807) is 0 Å². The van der Waals surface area contributed by atoms with Crippen molar-refractivity contribution in [2.75, 3.05) is 7.05 Å². The smallest absolute Gasteiger partial charge is 0.272 e. The van der Waals surface area contributed by atoms with Crippen LogP contribution in [0.2, 0.25) is 0 Å². The predicted octanol–water partition coefficient (Wildman–Crippen LogP) is 8.13. The van der Waals surface area contributed by atoms with Crippen molar-refractivity contribution in [1.29, 1.82) is 5.26 Å². The first kappa shape index (κ1) is 30.7. The summed E-state index contributed by atoms with van der Waals surface area (Å²) in [5.41, 5.74) is -1.57. The van der Waals surface area contributed by atoms with Gasteiger partial charge in [-0.25, -0.2) is 0 Å². The lowest BCUT2D eigenvalue weighted by atomic mass is 9.50. The predicted molar refractivity (Wildman–Crippen MR) is 170 cm³/mol. The van der Waals surface area contributed by atoms with E-state index >= 15 is 0 Å². The number of amides is 1.